The molecule has 0 radical (unpaired) electrons. The number of alkyl carbamates (subject to hydrolysis) is 2. The lowest BCUT2D eigenvalue weighted by Gasteiger charge is -2.30. The molecule has 6 fully saturated rings. The maximum Gasteiger partial charge on any atom is 0.408 e. The van der Waals surface area contributed by atoms with Crippen molar-refractivity contribution in [1.82, 2.24) is 50.6 Å². The molecule has 0 bridgehead atoms. The standard InChI is InChI=1S/C44H49N5O7S2.C36H41N5O7S2.C8H10O/c50-39-37-23-33(49-41(52)38(31-19-22-58-28-31)35(25-45-49)30-18-21-57-27-30)26-48(37)40(51)36(46-43(54)56-34-14-9-10-15-34)16-8-3-1-2-7-13-32-24-44(32,47-39)42(53)55-20-17-29-11-5-4-6-12-29;42-31-29-16-25(41-33(44)30(23-13-15-50-21-23)27(18-37-41)22-12-14-49-20-22)19-40(29)32(43)28(38-35(47)48-26-9-6-7-10-26)11-5-3-1-2-4-8-24-17-36(24,39-31)34(45)46;9-7-6-8-4-2-1-3-5-8/h4-7,11-13,18-19,21-22,25,27-28,32-34,36-37H,1-3,8-10,14-17,20,23-24,26H2,(H,46,54)(H,47,50);4,8,12-15,18,20-21,24-26,28-29H,1-3,5-7,9-11,16-17,19H2,(H,38,47)(H,39,42)(H,45,46);1-5,9H,6-7H2/b13-7-;8-4-;/t32?,33-,36+,37+,44-;24?,25-,28+,29+,36-;/m11./s1. The Hall–Kier alpha value is -10.2. The Morgan fingerprint density at radius 3 is 1.34 bits per heavy atom. The number of hydrogen-bond donors (Lipinski definition) is 6. The summed E-state index contributed by atoms with van der Waals surface area (Å²) < 4.78 is 19.9. The summed E-state index contributed by atoms with van der Waals surface area (Å²) in [6.45, 7) is 0.367. The number of aliphatic hydroxyl groups excluding tert-OH is 1. The quantitative estimate of drug-likeness (QED) is 0.0280. The first-order chi connectivity index (χ1) is 57.0. The van der Waals surface area contributed by atoms with Crippen LogP contribution in [-0.2, 0) is 55.8 Å². The molecule has 25 nitrogen and oxygen atoms in total. The summed E-state index contributed by atoms with van der Waals surface area (Å²) in [7, 11) is 0. The fourth-order valence-electron chi connectivity index (χ4n) is 17.1. The molecule has 10 atom stereocenters. The van der Waals surface area contributed by atoms with Crippen molar-refractivity contribution in [1.29, 1.82) is 0 Å². The van der Waals surface area contributed by atoms with Gasteiger partial charge in [-0.25, -0.2) is 28.5 Å². The van der Waals surface area contributed by atoms with Crippen LogP contribution in [0.2, 0.25) is 0 Å². The van der Waals surface area contributed by atoms with Gasteiger partial charge in [-0.05, 0) is 210 Å². The van der Waals surface area contributed by atoms with Gasteiger partial charge in [0.25, 0.3) is 11.1 Å². The van der Waals surface area contributed by atoms with Crippen molar-refractivity contribution >= 4 is 93.1 Å². The van der Waals surface area contributed by atoms with Gasteiger partial charge < -0.3 is 55.5 Å². The van der Waals surface area contributed by atoms with Gasteiger partial charge in [0.2, 0.25) is 23.6 Å². The molecule has 4 saturated carbocycles. The second-order valence-corrected chi connectivity index (χ2v) is 34.7. The minimum Gasteiger partial charge on any atom is -0.479 e. The van der Waals surface area contributed by atoms with Gasteiger partial charge in [0.1, 0.15) is 47.5 Å². The van der Waals surface area contributed by atoms with Gasteiger partial charge >= 0.3 is 24.1 Å². The molecule has 0 spiro atoms. The van der Waals surface area contributed by atoms with Gasteiger partial charge in [-0.2, -0.15) is 55.5 Å². The predicted molar refractivity (Wildman–Crippen MR) is 448 cm³/mol. The molecule has 616 valence electrons. The van der Waals surface area contributed by atoms with E-state index in [0.29, 0.717) is 60.8 Å². The Bertz CT molecular complexity index is 4930. The van der Waals surface area contributed by atoms with E-state index in [9.17, 15) is 53.1 Å². The summed E-state index contributed by atoms with van der Waals surface area (Å²) >= 11 is 6.00. The van der Waals surface area contributed by atoms with Crippen molar-refractivity contribution in [3.05, 3.63) is 197 Å². The number of nitrogens with zero attached hydrogens (tertiary/aromatic N) is 6. The fraction of sp³-hybridized carbons (Fsp3) is 0.455. The van der Waals surface area contributed by atoms with Crippen LogP contribution in [0, 0.1) is 11.8 Å². The van der Waals surface area contributed by atoms with Crippen molar-refractivity contribution in [2.24, 2.45) is 11.8 Å². The van der Waals surface area contributed by atoms with E-state index in [0.717, 1.165) is 124 Å². The fourth-order valence-corrected chi connectivity index (χ4v) is 19.7. The number of ether oxygens (including phenoxy) is 3. The average Bonchev–Trinajstić information content (AvgIpc) is 1.59. The molecule has 16 rings (SSSR count). The normalized spacial score (nSPS) is 25.5. The number of carbonyl (C=O) groups excluding carboxylic acids is 7. The molecule has 6 aromatic heterocycles. The molecule has 2 aromatic carbocycles. The lowest BCUT2D eigenvalue weighted by Crippen LogP contribution is -2.56. The molecule has 6 amide bonds. The minimum absolute atomic E-state index is 0.00158. The Kier molecular flexibility index (Phi) is 27.7. The maximum absolute atomic E-state index is 14.8. The van der Waals surface area contributed by atoms with E-state index in [1.165, 1.54) is 70.1 Å². The third kappa shape index (κ3) is 20.0. The van der Waals surface area contributed by atoms with Crippen molar-refractivity contribution < 1.29 is 62.8 Å². The first-order valence-electron chi connectivity index (χ1n) is 40.9. The number of aliphatic hydroxyl groups is 1. The molecular formula is C88H100N10O15S4. The zero-order valence-corrected chi connectivity index (χ0v) is 68.5. The SMILES string of the molecule is O=C(N[C@H]1CCCCC/C=C\C2C[C@@]2(C(=O)O)NC(=O)[C@@H]2C[C@@H](n3ncc(-c4ccsc4)c(-c4ccsc4)c3=O)CN2C1=O)OC1CCCC1.O=C(N[C@H]1CCCCC/C=C\C2C[C@@]2(C(=O)OCCc2ccccc2)NC(=O)[C@@H]2C[C@@H](n3ncc(-c4ccsc4)c(-c4ccsc4)c3=O)CN2C1=O)OC1CCCC1.OCCc1ccccc1. The van der Waals surface area contributed by atoms with Crippen LogP contribution in [0.15, 0.2) is 174 Å². The van der Waals surface area contributed by atoms with Gasteiger partial charge in [0.15, 0.2) is 0 Å². The number of carboxylic acid groups (broad SMARTS) is 1. The molecule has 8 aliphatic rings. The highest BCUT2D eigenvalue weighted by Crippen LogP contribution is 2.48. The number of allylic oxidation sites excluding steroid dienone is 2. The number of esters is 1. The van der Waals surface area contributed by atoms with Crippen molar-refractivity contribution in [2.45, 2.75) is 214 Å². The molecule has 2 saturated heterocycles. The van der Waals surface area contributed by atoms with Gasteiger partial charge in [-0.15, -0.1) is 0 Å². The first-order valence-corrected chi connectivity index (χ1v) is 44.7. The second kappa shape index (κ2) is 38.9. The molecule has 2 unspecified atom stereocenters. The van der Waals surface area contributed by atoms with E-state index >= 15 is 0 Å². The number of thiophene rings is 4. The molecule has 117 heavy (non-hydrogen) atoms. The molecular weight excluding hydrogens is 1570 g/mol. The summed E-state index contributed by atoms with van der Waals surface area (Å²) in [5, 5.41) is 54.9. The first kappa shape index (κ1) is 83.3. The van der Waals surface area contributed by atoms with Crippen molar-refractivity contribution in [3.8, 4) is 44.5 Å². The number of fused-ring (bicyclic) bond motifs is 4. The summed E-state index contributed by atoms with van der Waals surface area (Å²) in [4.78, 5) is 142. The predicted octanol–water partition coefficient (Wildman–Crippen LogP) is 13.6. The zero-order valence-electron chi connectivity index (χ0n) is 65.3. The Balaban J connectivity index is 0.000000175. The van der Waals surface area contributed by atoms with E-state index in [1.54, 1.807) is 12.4 Å². The molecule has 6 N–H and O–H groups in total. The lowest BCUT2D eigenvalue weighted by molar-refractivity contribution is -0.150. The van der Waals surface area contributed by atoms with Crippen LogP contribution >= 0.6 is 45.3 Å². The Morgan fingerprint density at radius 1 is 0.504 bits per heavy atom. The highest BCUT2D eigenvalue weighted by molar-refractivity contribution is 7.09. The van der Waals surface area contributed by atoms with Crippen molar-refractivity contribution in [2.75, 3.05) is 26.3 Å². The summed E-state index contributed by atoms with van der Waals surface area (Å²) in [5.74, 6) is -4.31. The smallest absolute Gasteiger partial charge is 0.408 e. The Morgan fingerprint density at radius 2 is 0.915 bits per heavy atom. The molecule has 4 aliphatic heterocycles. The Labute approximate surface area is 694 Å². The van der Waals surface area contributed by atoms with E-state index in [2.05, 4.69) is 37.5 Å². The van der Waals surface area contributed by atoms with Crippen LogP contribution in [0.25, 0.3) is 44.5 Å². The number of aromatic nitrogens is 4. The second-order valence-electron chi connectivity index (χ2n) is 31.5. The van der Waals surface area contributed by atoms with E-state index in [4.69, 9.17) is 19.3 Å². The van der Waals surface area contributed by atoms with E-state index in [-0.39, 0.29) is 80.7 Å². The summed E-state index contributed by atoms with van der Waals surface area (Å²) in [5.41, 5.74) is 4.41. The minimum atomic E-state index is -1.47. The van der Waals surface area contributed by atoms with Gasteiger partial charge in [0.05, 0.1) is 42.2 Å². The highest BCUT2D eigenvalue weighted by Gasteiger charge is 2.63. The molecule has 10 heterocycles. The topological polar surface area (TPSA) is 329 Å². The number of carboxylic acids is 1. The molecule has 8 aromatic rings. The zero-order chi connectivity index (χ0) is 81.4. The lowest BCUT2D eigenvalue weighted by atomic mass is 10.0. The van der Waals surface area contributed by atoms with Gasteiger partial charge in [-0.3, -0.25) is 28.8 Å². The number of nitrogens with one attached hydrogen (secondary N) is 4. The maximum atomic E-state index is 14.8. The van der Waals surface area contributed by atoms with Gasteiger partial charge in [0, 0.05) is 61.9 Å². The number of aliphatic carboxylic acids is 1. The number of carbonyl (C=O) groups is 8. The monoisotopic (exact) mass is 1660 g/mol. The van der Waals surface area contributed by atoms with E-state index in [1.807, 2.05) is 146 Å². The average molecular weight is 1670 g/mol. The van der Waals surface area contributed by atoms with E-state index < -0.39 is 95.1 Å². The number of benzene rings is 2. The van der Waals surface area contributed by atoms with Crippen LogP contribution in [0.4, 0.5) is 9.59 Å². The molecule has 4 aliphatic carbocycles. The highest BCUT2D eigenvalue weighted by atomic mass is 32.1. The summed E-state index contributed by atoms with van der Waals surface area (Å²) in [6.07, 6.45) is 25.4. The van der Waals surface area contributed by atoms with Crippen LogP contribution in [-0.4, -0.2) is 161 Å². The largest absolute Gasteiger partial charge is 0.479 e. The number of rotatable bonds is 17. The third-order valence-corrected chi connectivity index (χ3v) is 26.4. The number of hydrogen-bond acceptors (Lipinski definition) is 20. The van der Waals surface area contributed by atoms with Crippen LogP contribution < -0.4 is 32.4 Å². The van der Waals surface area contributed by atoms with Crippen LogP contribution in [0.3, 0.4) is 0 Å². The van der Waals surface area contributed by atoms with Crippen LogP contribution in [0.1, 0.15) is 164 Å². The third-order valence-electron chi connectivity index (χ3n) is 23.7. The van der Waals surface area contributed by atoms with Crippen LogP contribution in [0.5, 0.6) is 0 Å². The summed E-state index contributed by atoms with van der Waals surface area (Å²) in [6, 6.07) is 21.9. The van der Waals surface area contributed by atoms with Crippen molar-refractivity contribution in [3.63, 3.8) is 0 Å². The van der Waals surface area contributed by atoms with Gasteiger partial charge in [-0.1, -0.05) is 111 Å². The number of amides is 6. The molecule has 29 heteroatoms.